The van der Waals surface area contributed by atoms with E-state index in [1.165, 1.54) is 25.8 Å². The van der Waals surface area contributed by atoms with Crippen LogP contribution in [0, 0.1) is 17.8 Å². The molecule has 1 N–H and O–H groups in total. The highest BCUT2D eigenvalue weighted by Gasteiger charge is 2.28. The molecule has 1 fully saturated rings. The van der Waals surface area contributed by atoms with Gasteiger partial charge in [0.15, 0.2) is 0 Å². The second kappa shape index (κ2) is 4.99. The molecular formula is C12H25N. The van der Waals surface area contributed by atoms with Crippen LogP contribution in [0.25, 0.3) is 0 Å². The second-order valence-corrected chi connectivity index (χ2v) is 5.16. The van der Waals surface area contributed by atoms with Crippen molar-refractivity contribution in [3.63, 3.8) is 0 Å². The van der Waals surface area contributed by atoms with Crippen molar-refractivity contribution in [3.05, 3.63) is 0 Å². The quantitative estimate of drug-likeness (QED) is 0.706. The third-order valence-corrected chi connectivity index (χ3v) is 3.59. The summed E-state index contributed by atoms with van der Waals surface area (Å²) in [4.78, 5) is 0. The van der Waals surface area contributed by atoms with Gasteiger partial charge in [-0.15, -0.1) is 0 Å². The van der Waals surface area contributed by atoms with E-state index in [4.69, 9.17) is 0 Å². The van der Waals surface area contributed by atoms with Crippen LogP contribution in [0.15, 0.2) is 0 Å². The number of rotatable bonds is 4. The summed E-state index contributed by atoms with van der Waals surface area (Å²) in [6.45, 7) is 10.6. The third kappa shape index (κ3) is 3.30. The SMILES string of the molecule is CC(C)CCNC1CCC(C)C1C. The lowest BCUT2D eigenvalue weighted by Gasteiger charge is -2.20. The summed E-state index contributed by atoms with van der Waals surface area (Å²) >= 11 is 0. The standard InChI is InChI=1S/C12H25N/c1-9(2)7-8-13-12-6-5-10(3)11(12)4/h9-13H,5-8H2,1-4H3. The van der Waals surface area contributed by atoms with Gasteiger partial charge in [0.25, 0.3) is 0 Å². The fourth-order valence-electron chi connectivity index (χ4n) is 2.21. The molecule has 1 saturated carbocycles. The minimum atomic E-state index is 0.800. The molecule has 1 heteroatoms. The van der Waals surface area contributed by atoms with Crippen LogP contribution in [0.1, 0.15) is 47.0 Å². The largest absolute Gasteiger partial charge is 0.314 e. The summed E-state index contributed by atoms with van der Waals surface area (Å²) in [6.07, 6.45) is 4.12. The molecule has 0 aromatic rings. The molecule has 13 heavy (non-hydrogen) atoms. The lowest BCUT2D eigenvalue weighted by atomic mass is 9.97. The Morgan fingerprint density at radius 3 is 2.38 bits per heavy atom. The van der Waals surface area contributed by atoms with Gasteiger partial charge in [-0.3, -0.25) is 0 Å². The van der Waals surface area contributed by atoms with Crippen molar-refractivity contribution in [1.29, 1.82) is 0 Å². The monoisotopic (exact) mass is 183 g/mol. The Bertz CT molecular complexity index is 142. The van der Waals surface area contributed by atoms with Gasteiger partial charge in [-0.2, -0.15) is 0 Å². The van der Waals surface area contributed by atoms with E-state index in [1.54, 1.807) is 0 Å². The first-order valence-electron chi connectivity index (χ1n) is 5.84. The van der Waals surface area contributed by atoms with Crippen molar-refractivity contribution in [2.45, 2.75) is 53.0 Å². The van der Waals surface area contributed by atoms with Crippen LogP contribution in [0.4, 0.5) is 0 Å². The maximum atomic E-state index is 3.69. The lowest BCUT2D eigenvalue weighted by molar-refractivity contribution is 0.362. The summed E-state index contributed by atoms with van der Waals surface area (Å²) in [5.41, 5.74) is 0. The summed E-state index contributed by atoms with van der Waals surface area (Å²) < 4.78 is 0. The molecule has 0 saturated heterocycles. The van der Waals surface area contributed by atoms with Crippen molar-refractivity contribution in [2.24, 2.45) is 17.8 Å². The second-order valence-electron chi connectivity index (χ2n) is 5.16. The highest BCUT2D eigenvalue weighted by molar-refractivity contribution is 4.84. The van der Waals surface area contributed by atoms with Gasteiger partial charge in [-0.1, -0.05) is 27.7 Å². The van der Waals surface area contributed by atoms with Gasteiger partial charge >= 0.3 is 0 Å². The van der Waals surface area contributed by atoms with Crippen LogP contribution in [0.5, 0.6) is 0 Å². The maximum absolute atomic E-state index is 3.69. The Kier molecular flexibility index (Phi) is 4.24. The van der Waals surface area contributed by atoms with E-state index < -0.39 is 0 Å². The first kappa shape index (κ1) is 11.0. The number of hydrogen-bond donors (Lipinski definition) is 1. The van der Waals surface area contributed by atoms with Gasteiger partial charge < -0.3 is 5.32 Å². The summed E-state index contributed by atoms with van der Waals surface area (Å²) in [5.74, 6) is 2.64. The highest BCUT2D eigenvalue weighted by Crippen LogP contribution is 2.30. The Morgan fingerprint density at radius 2 is 1.92 bits per heavy atom. The van der Waals surface area contributed by atoms with Crippen molar-refractivity contribution < 1.29 is 0 Å². The molecule has 1 nitrogen and oxygen atoms in total. The maximum Gasteiger partial charge on any atom is 0.00953 e. The average Bonchev–Trinajstić information content (AvgIpc) is 2.35. The van der Waals surface area contributed by atoms with Crippen LogP contribution < -0.4 is 5.32 Å². The van der Waals surface area contributed by atoms with E-state index in [9.17, 15) is 0 Å². The van der Waals surface area contributed by atoms with Crippen LogP contribution in [0.2, 0.25) is 0 Å². The molecule has 3 unspecified atom stereocenters. The van der Waals surface area contributed by atoms with Crippen molar-refractivity contribution in [3.8, 4) is 0 Å². The summed E-state index contributed by atoms with van der Waals surface area (Å²) in [7, 11) is 0. The Labute approximate surface area is 83.3 Å². The molecule has 0 bridgehead atoms. The molecule has 0 heterocycles. The van der Waals surface area contributed by atoms with Gasteiger partial charge in [-0.25, -0.2) is 0 Å². The zero-order chi connectivity index (χ0) is 9.84. The fraction of sp³-hybridized carbons (Fsp3) is 1.00. The normalized spacial score (nSPS) is 34.4. The molecule has 0 radical (unpaired) electrons. The predicted molar refractivity (Wildman–Crippen MR) is 58.8 cm³/mol. The molecule has 1 rings (SSSR count). The molecule has 78 valence electrons. The minimum absolute atomic E-state index is 0.800. The molecule has 0 spiro atoms. The predicted octanol–water partition coefficient (Wildman–Crippen LogP) is 3.06. The third-order valence-electron chi connectivity index (χ3n) is 3.59. The van der Waals surface area contributed by atoms with Crippen molar-refractivity contribution in [2.75, 3.05) is 6.54 Å². The van der Waals surface area contributed by atoms with Crippen molar-refractivity contribution >= 4 is 0 Å². The number of hydrogen-bond acceptors (Lipinski definition) is 1. The van der Waals surface area contributed by atoms with Gasteiger partial charge in [0, 0.05) is 6.04 Å². The molecule has 0 amide bonds. The van der Waals surface area contributed by atoms with Crippen LogP contribution >= 0.6 is 0 Å². The minimum Gasteiger partial charge on any atom is -0.314 e. The van der Waals surface area contributed by atoms with Crippen LogP contribution in [-0.2, 0) is 0 Å². The van der Waals surface area contributed by atoms with Crippen molar-refractivity contribution in [1.82, 2.24) is 5.32 Å². The highest BCUT2D eigenvalue weighted by atomic mass is 14.9. The average molecular weight is 183 g/mol. The number of nitrogens with one attached hydrogen (secondary N) is 1. The molecular weight excluding hydrogens is 158 g/mol. The van der Waals surface area contributed by atoms with Gasteiger partial charge in [0.2, 0.25) is 0 Å². The van der Waals surface area contributed by atoms with E-state index in [0.29, 0.717) is 0 Å². The van der Waals surface area contributed by atoms with Gasteiger partial charge in [0.1, 0.15) is 0 Å². The fourth-order valence-corrected chi connectivity index (χ4v) is 2.21. The zero-order valence-corrected chi connectivity index (χ0v) is 9.64. The molecule has 0 aromatic carbocycles. The zero-order valence-electron chi connectivity index (χ0n) is 9.64. The Hall–Kier alpha value is -0.0400. The van der Waals surface area contributed by atoms with E-state index in [1.807, 2.05) is 0 Å². The molecule has 1 aliphatic carbocycles. The molecule has 3 atom stereocenters. The van der Waals surface area contributed by atoms with E-state index >= 15 is 0 Å². The van der Waals surface area contributed by atoms with E-state index in [-0.39, 0.29) is 0 Å². The van der Waals surface area contributed by atoms with Crippen LogP contribution in [0.3, 0.4) is 0 Å². The molecule has 0 aliphatic heterocycles. The van der Waals surface area contributed by atoms with Crippen LogP contribution in [-0.4, -0.2) is 12.6 Å². The van der Waals surface area contributed by atoms with Gasteiger partial charge in [-0.05, 0) is 43.6 Å². The van der Waals surface area contributed by atoms with E-state index in [0.717, 1.165) is 23.8 Å². The Balaban J connectivity index is 2.15. The smallest absolute Gasteiger partial charge is 0.00953 e. The molecule has 1 aliphatic rings. The lowest BCUT2D eigenvalue weighted by Crippen LogP contribution is -2.33. The first-order chi connectivity index (χ1) is 6.11. The van der Waals surface area contributed by atoms with E-state index in [2.05, 4.69) is 33.0 Å². The first-order valence-corrected chi connectivity index (χ1v) is 5.84. The topological polar surface area (TPSA) is 12.0 Å². The van der Waals surface area contributed by atoms with Gasteiger partial charge in [0.05, 0.1) is 0 Å². The molecule has 0 aromatic heterocycles. The summed E-state index contributed by atoms with van der Waals surface area (Å²) in [6, 6.07) is 0.800. The summed E-state index contributed by atoms with van der Waals surface area (Å²) in [5, 5.41) is 3.69. The Morgan fingerprint density at radius 1 is 1.23 bits per heavy atom.